The Bertz CT molecular complexity index is 1400. The van der Waals surface area contributed by atoms with Crippen molar-refractivity contribution in [2.75, 3.05) is 0 Å². The van der Waals surface area contributed by atoms with Crippen molar-refractivity contribution >= 4 is 17.7 Å². The van der Waals surface area contributed by atoms with E-state index in [4.69, 9.17) is 0 Å². The number of carbonyl (C=O) groups is 3. The van der Waals surface area contributed by atoms with Crippen LogP contribution in [0.15, 0.2) is 115 Å². The van der Waals surface area contributed by atoms with E-state index in [0.29, 0.717) is 16.7 Å². The molecule has 1 heterocycles. The summed E-state index contributed by atoms with van der Waals surface area (Å²) in [5.41, 5.74) is 3.34. The highest BCUT2D eigenvalue weighted by atomic mass is 16.4. The molecule has 0 saturated carbocycles. The monoisotopic (exact) mass is 489 g/mol. The Morgan fingerprint density at radius 1 is 0.649 bits per heavy atom. The van der Waals surface area contributed by atoms with Crippen LogP contribution in [0.5, 0.6) is 0 Å². The Hall–Kier alpha value is -4.51. The first-order chi connectivity index (χ1) is 18.0. The summed E-state index contributed by atoms with van der Waals surface area (Å²) in [6, 6.07) is 32.4. The lowest BCUT2D eigenvalue weighted by molar-refractivity contribution is -0.142. The normalized spacial score (nSPS) is 20.9. The minimum Gasteiger partial charge on any atom is -0.480 e. The Morgan fingerprint density at radius 3 is 1.70 bits per heavy atom. The van der Waals surface area contributed by atoms with Crippen molar-refractivity contribution in [3.63, 3.8) is 0 Å². The zero-order valence-corrected chi connectivity index (χ0v) is 20.4. The van der Waals surface area contributed by atoms with Gasteiger partial charge in [-0.05, 0) is 30.2 Å². The Balaban J connectivity index is 1.77. The molecule has 4 aromatic rings. The minimum atomic E-state index is -1.24. The van der Waals surface area contributed by atoms with Crippen molar-refractivity contribution in [2.24, 2.45) is 5.92 Å². The lowest BCUT2D eigenvalue weighted by Crippen LogP contribution is -2.43. The van der Waals surface area contributed by atoms with Gasteiger partial charge in [-0.25, -0.2) is 4.79 Å². The van der Waals surface area contributed by atoms with Crippen LogP contribution in [0.1, 0.15) is 49.4 Å². The van der Waals surface area contributed by atoms with Crippen molar-refractivity contribution in [2.45, 2.75) is 24.9 Å². The van der Waals surface area contributed by atoms with E-state index in [1.54, 1.807) is 54.6 Å². The molecule has 37 heavy (non-hydrogen) atoms. The third-order valence-corrected chi connectivity index (χ3v) is 7.14. The number of ketones is 1. The standard InChI is InChI=1S/C32H27NO4/c1-21-17-19-23(20-18-21)28-27(30(34)24-13-7-3-8-14-24)26(22-11-5-2-6-12-22)29(32(36)37)33(28)31(35)25-15-9-4-10-16-25/h2-20,26-29H,1H3,(H,36,37). The summed E-state index contributed by atoms with van der Waals surface area (Å²) in [4.78, 5) is 42.7. The number of hydrogen-bond acceptors (Lipinski definition) is 3. The molecule has 1 aliphatic rings. The molecule has 0 aliphatic carbocycles. The first-order valence-electron chi connectivity index (χ1n) is 12.3. The molecule has 5 heteroatoms. The fourth-order valence-corrected chi connectivity index (χ4v) is 5.46. The van der Waals surface area contributed by atoms with Crippen molar-refractivity contribution in [1.82, 2.24) is 4.90 Å². The summed E-state index contributed by atoms with van der Waals surface area (Å²) in [7, 11) is 0. The molecule has 1 amide bonds. The van der Waals surface area contributed by atoms with Gasteiger partial charge in [-0.15, -0.1) is 0 Å². The quantitative estimate of drug-likeness (QED) is 0.341. The number of rotatable bonds is 6. The van der Waals surface area contributed by atoms with E-state index in [1.165, 1.54) is 4.90 Å². The second-order valence-electron chi connectivity index (χ2n) is 9.41. The third kappa shape index (κ3) is 4.56. The highest BCUT2D eigenvalue weighted by molar-refractivity contribution is 6.03. The lowest BCUT2D eigenvalue weighted by atomic mass is 9.76. The van der Waals surface area contributed by atoms with Gasteiger partial charge in [0.05, 0.1) is 12.0 Å². The molecule has 0 aromatic heterocycles. The highest BCUT2D eigenvalue weighted by Crippen LogP contribution is 2.51. The van der Waals surface area contributed by atoms with Gasteiger partial charge in [0.1, 0.15) is 6.04 Å². The summed E-state index contributed by atoms with van der Waals surface area (Å²) in [5, 5.41) is 10.6. The predicted molar refractivity (Wildman–Crippen MR) is 141 cm³/mol. The largest absolute Gasteiger partial charge is 0.480 e. The number of benzene rings is 4. The van der Waals surface area contributed by atoms with Gasteiger partial charge in [0.25, 0.3) is 5.91 Å². The van der Waals surface area contributed by atoms with Crippen molar-refractivity contribution < 1.29 is 19.5 Å². The fourth-order valence-electron chi connectivity index (χ4n) is 5.46. The molecule has 5 nitrogen and oxygen atoms in total. The smallest absolute Gasteiger partial charge is 0.327 e. The van der Waals surface area contributed by atoms with Crippen LogP contribution >= 0.6 is 0 Å². The minimum absolute atomic E-state index is 0.186. The van der Waals surface area contributed by atoms with Gasteiger partial charge in [-0.1, -0.05) is 109 Å². The van der Waals surface area contributed by atoms with Crippen LogP contribution in [0.2, 0.25) is 0 Å². The van der Waals surface area contributed by atoms with E-state index in [1.807, 2.05) is 67.6 Å². The summed E-state index contributed by atoms with van der Waals surface area (Å²) in [6.45, 7) is 1.96. The summed E-state index contributed by atoms with van der Waals surface area (Å²) in [6.07, 6.45) is 0. The first kappa shape index (κ1) is 24.2. The van der Waals surface area contributed by atoms with Crippen molar-refractivity contribution in [1.29, 1.82) is 0 Å². The highest BCUT2D eigenvalue weighted by Gasteiger charge is 2.57. The van der Waals surface area contributed by atoms with Gasteiger partial charge in [0, 0.05) is 17.0 Å². The van der Waals surface area contributed by atoms with E-state index in [2.05, 4.69) is 0 Å². The fraction of sp³-hybridized carbons (Fsp3) is 0.156. The number of likely N-dealkylation sites (tertiary alicyclic amines) is 1. The van der Waals surface area contributed by atoms with Gasteiger partial charge >= 0.3 is 5.97 Å². The summed E-state index contributed by atoms with van der Waals surface area (Å²) in [5.74, 6) is -3.29. The molecule has 184 valence electrons. The predicted octanol–water partition coefficient (Wildman–Crippen LogP) is 5.93. The van der Waals surface area contributed by atoms with E-state index < -0.39 is 35.8 Å². The number of amides is 1. The molecular weight excluding hydrogens is 462 g/mol. The van der Waals surface area contributed by atoms with Gasteiger partial charge in [-0.2, -0.15) is 0 Å². The van der Waals surface area contributed by atoms with Crippen LogP contribution < -0.4 is 0 Å². The Kier molecular flexibility index (Phi) is 6.69. The molecule has 4 aromatic carbocycles. The van der Waals surface area contributed by atoms with Crippen LogP contribution in [0.4, 0.5) is 0 Å². The van der Waals surface area contributed by atoms with Crippen LogP contribution in [-0.2, 0) is 4.79 Å². The van der Waals surface area contributed by atoms with Gasteiger partial charge in [0.2, 0.25) is 0 Å². The Morgan fingerprint density at radius 2 is 1.16 bits per heavy atom. The number of carboxylic acid groups (broad SMARTS) is 1. The van der Waals surface area contributed by atoms with Gasteiger partial charge in [0.15, 0.2) is 5.78 Å². The average Bonchev–Trinajstić information content (AvgIpc) is 3.30. The molecule has 1 aliphatic heterocycles. The number of nitrogens with zero attached hydrogens (tertiary/aromatic N) is 1. The summed E-state index contributed by atoms with van der Waals surface area (Å²) >= 11 is 0. The maximum absolute atomic E-state index is 14.2. The van der Waals surface area contributed by atoms with E-state index in [0.717, 1.165) is 11.1 Å². The van der Waals surface area contributed by atoms with Crippen molar-refractivity contribution in [3.8, 4) is 0 Å². The molecule has 0 bridgehead atoms. The number of carboxylic acids is 1. The topological polar surface area (TPSA) is 74.7 Å². The number of Topliss-reactive ketones (excluding diaryl/α,β-unsaturated/α-hetero) is 1. The Labute approximate surface area is 216 Å². The number of hydrogen-bond donors (Lipinski definition) is 1. The molecule has 5 rings (SSSR count). The van der Waals surface area contributed by atoms with Crippen LogP contribution in [0.3, 0.4) is 0 Å². The van der Waals surface area contributed by atoms with Gasteiger partial charge in [-0.3, -0.25) is 9.59 Å². The molecule has 1 N–H and O–H groups in total. The van der Waals surface area contributed by atoms with Gasteiger partial charge < -0.3 is 10.0 Å². The lowest BCUT2D eigenvalue weighted by Gasteiger charge is -2.30. The molecule has 4 atom stereocenters. The average molecular weight is 490 g/mol. The van der Waals surface area contributed by atoms with E-state index in [-0.39, 0.29) is 5.78 Å². The third-order valence-electron chi connectivity index (χ3n) is 7.14. The second kappa shape index (κ2) is 10.2. The summed E-state index contributed by atoms with van der Waals surface area (Å²) < 4.78 is 0. The zero-order chi connectivity index (χ0) is 25.9. The zero-order valence-electron chi connectivity index (χ0n) is 20.4. The van der Waals surface area contributed by atoms with E-state index in [9.17, 15) is 19.5 Å². The molecule has 4 unspecified atom stereocenters. The molecule has 0 radical (unpaired) electrons. The first-order valence-corrected chi connectivity index (χ1v) is 12.3. The van der Waals surface area contributed by atoms with E-state index >= 15 is 0 Å². The molecule has 0 spiro atoms. The van der Waals surface area contributed by atoms with Crippen LogP contribution in [0.25, 0.3) is 0 Å². The maximum Gasteiger partial charge on any atom is 0.327 e. The molecule has 1 fully saturated rings. The maximum atomic E-state index is 14.2. The SMILES string of the molecule is Cc1ccc(C2C(C(=O)c3ccccc3)C(c3ccccc3)C(C(=O)O)N2C(=O)c2ccccc2)cc1. The second-order valence-corrected chi connectivity index (χ2v) is 9.41. The molecule has 1 saturated heterocycles. The van der Waals surface area contributed by atoms with Crippen LogP contribution in [0, 0.1) is 12.8 Å². The van der Waals surface area contributed by atoms with Crippen LogP contribution in [-0.4, -0.2) is 33.7 Å². The number of aliphatic carboxylic acids is 1. The number of aryl methyl sites for hydroxylation is 1. The number of carbonyl (C=O) groups excluding carboxylic acids is 2. The molecular formula is C32H27NO4. The van der Waals surface area contributed by atoms with Crippen molar-refractivity contribution in [3.05, 3.63) is 143 Å².